The second kappa shape index (κ2) is 3.99. The Morgan fingerprint density at radius 3 is 2.53 bits per heavy atom. The Hall–Kier alpha value is -1.64. The van der Waals surface area contributed by atoms with Crippen LogP contribution in [0.3, 0.4) is 0 Å². The van der Waals surface area contributed by atoms with Gasteiger partial charge in [-0.15, -0.1) is 0 Å². The summed E-state index contributed by atoms with van der Waals surface area (Å²) in [6.07, 6.45) is 0.215. The van der Waals surface area contributed by atoms with Crippen LogP contribution in [0.2, 0.25) is 0 Å². The van der Waals surface area contributed by atoms with Gasteiger partial charge >= 0.3 is 0 Å². The highest BCUT2D eigenvalue weighted by Crippen LogP contribution is 2.37. The van der Waals surface area contributed by atoms with E-state index in [0.717, 1.165) is 16.7 Å². The number of hydrogen-bond donors (Lipinski definition) is 2. The molecule has 0 saturated carbocycles. The zero-order valence-electron chi connectivity index (χ0n) is 9.51. The number of rotatable bonds is 1. The first kappa shape index (κ1) is 10.5. The second-order valence-corrected chi connectivity index (χ2v) is 4.54. The van der Waals surface area contributed by atoms with E-state index in [4.69, 9.17) is 5.73 Å². The van der Waals surface area contributed by atoms with Crippen molar-refractivity contribution in [2.45, 2.75) is 18.6 Å². The van der Waals surface area contributed by atoms with Gasteiger partial charge in [-0.1, -0.05) is 48.5 Å². The van der Waals surface area contributed by atoms with E-state index in [2.05, 4.69) is 24.3 Å². The highest BCUT2D eigenvalue weighted by atomic mass is 16.3. The molecule has 0 bridgehead atoms. The minimum absolute atomic E-state index is 0.263. The second-order valence-electron chi connectivity index (χ2n) is 4.54. The smallest absolute Gasteiger partial charge is 0.0773 e. The topological polar surface area (TPSA) is 46.2 Å². The lowest BCUT2D eigenvalue weighted by Crippen LogP contribution is -2.21. The van der Waals surface area contributed by atoms with E-state index in [9.17, 15) is 5.11 Å². The van der Waals surface area contributed by atoms with Crippen molar-refractivity contribution in [3.63, 3.8) is 0 Å². The van der Waals surface area contributed by atoms with Crippen LogP contribution in [-0.4, -0.2) is 11.2 Å². The van der Waals surface area contributed by atoms with Crippen LogP contribution in [0.15, 0.2) is 48.5 Å². The summed E-state index contributed by atoms with van der Waals surface area (Å²) < 4.78 is 0. The van der Waals surface area contributed by atoms with Crippen LogP contribution in [0.5, 0.6) is 0 Å². The van der Waals surface area contributed by atoms with E-state index in [-0.39, 0.29) is 6.04 Å². The molecule has 1 aliphatic rings. The van der Waals surface area contributed by atoms with Gasteiger partial charge in [-0.2, -0.15) is 0 Å². The van der Waals surface area contributed by atoms with Gasteiger partial charge in [-0.05, 0) is 22.3 Å². The Kier molecular flexibility index (Phi) is 2.46. The third-order valence-corrected chi connectivity index (χ3v) is 3.46. The monoisotopic (exact) mass is 225 g/mol. The Labute approximate surface area is 101 Å². The standard InChI is InChI=1S/C15H15NO/c16-15-13(17)9-11-7-4-8-12(14(11)15)10-5-2-1-3-6-10/h1-8,13,15,17H,9,16H2/t13-,15+/m1/s1. The van der Waals surface area contributed by atoms with Crippen molar-refractivity contribution in [1.82, 2.24) is 0 Å². The average molecular weight is 225 g/mol. The molecule has 3 N–H and O–H groups in total. The quantitative estimate of drug-likeness (QED) is 0.782. The maximum absolute atomic E-state index is 9.87. The molecule has 0 heterocycles. The van der Waals surface area contributed by atoms with Crippen molar-refractivity contribution < 1.29 is 5.11 Å². The minimum atomic E-state index is -0.449. The van der Waals surface area contributed by atoms with E-state index >= 15 is 0 Å². The Balaban J connectivity index is 2.18. The predicted octanol–water partition coefficient (Wildman–Crippen LogP) is 2.27. The molecule has 2 nitrogen and oxygen atoms in total. The number of benzene rings is 2. The average Bonchev–Trinajstić information content (AvgIpc) is 2.66. The lowest BCUT2D eigenvalue weighted by molar-refractivity contribution is 0.158. The largest absolute Gasteiger partial charge is 0.391 e. The van der Waals surface area contributed by atoms with Crippen molar-refractivity contribution in [2.75, 3.05) is 0 Å². The molecule has 0 saturated heterocycles. The zero-order valence-corrected chi connectivity index (χ0v) is 9.51. The summed E-state index contributed by atoms with van der Waals surface area (Å²) in [5.41, 5.74) is 10.7. The molecule has 0 spiro atoms. The summed E-state index contributed by atoms with van der Waals surface area (Å²) in [4.78, 5) is 0. The van der Waals surface area contributed by atoms with Gasteiger partial charge in [0.05, 0.1) is 12.1 Å². The van der Waals surface area contributed by atoms with Crippen molar-refractivity contribution in [1.29, 1.82) is 0 Å². The van der Waals surface area contributed by atoms with Gasteiger partial charge in [0.2, 0.25) is 0 Å². The summed E-state index contributed by atoms with van der Waals surface area (Å²) >= 11 is 0. The number of fused-ring (bicyclic) bond motifs is 1. The fourth-order valence-corrected chi connectivity index (χ4v) is 2.60. The Morgan fingerprint density at radius 1 is 1.00 bits per heavy atom. The van der Waals surface area contributed by atoms with E-state index in [1.54, 1.807) is 0 Å². The van der Waals surface area contributed by atoms with Crippen molar-refractivity contribution in [3.8, 4) is 11.1 Å². The lowest BCUT2D eigenvalue weighted by Gasteiger charge is -2.14. The van der Waals surface area contributed by atoms with Gasteiger partial charge < -0.3 is 10.8 Å². The summed E-state index contributed by atoms with van der Waals surface area (Å²) in [5, 5.41) is 9.87. The van der Waals surface area contributed by atoms with Crippen LogP contribution in [0.4, 0.5) is 0 Å². The molecule has 86 valence electrons. The molecule has 2 atom stereocenters. The van der Waals surface area contributed by atoms with Crippen LogP contribution in [0, 0.1) is 0 Å². The molecule has 0 aromatic heterocycles. The molecule has 1 aliphatic carbocycles. The molecular weight excluding hydrogens is 210 g/mol. The van der Waals surface area contributed by atoms with Gasteiger partial charge in [0.1, 0.15) is 0 Å². The van der Waals surface area contributed by atoms with E-state index in [0.29, 0.717) is 6.42 Å². The summed E-state index contributed by atoms with van der Waals surface area (Å²) in [6.45, 7) is 0. The fraction of sp³-hybridized carbons (Fsp3) is 0.200. The molecule has 0 amide bonds. The first-order chi connectivity index (χ1) is 8.27. The maximum atomic E-state index is 9.87. The molecule has 2 aromatic carbocycles. The summed E-state index contributed by atoms with van der Waals surface area (Å²) in [7, 11) is 0. The molecule has 0 unspecified atom stereocenters. The van der Waals surface area contributed by atoms with Crippen LogP contribution in [0.1, 0.15) is 17.2 Å². The van der Waals surface area contributed by atoms with E-state index in [1.807, 2.05) is 24.3 Å². The molecule has 0 radical (unpaired) electrons. The molecule has 0 fully saturated rings. The van der Waals surface area contributed by atoms with Crippen LogP contribution in [-0.2, 0) is 6.42 Å². The van der Waals surface area contributed by atoms with Gasteiger partial charge in [0.15, 0.2) is 0 Å². The number of aliphatic hydroxyl groups is 1. The van der Waals surface area contributed by atoms with Crippen molar-refractivity contribution in [2.24, 2.45) is 5.73 Å². The van der Waals surface area contributed by atoms with E-state index in [1.165, 1.54) is 5.56 Å². The van der Waals surface area contributed by atoms with Crippen LogP contribution < -0.4 is 5.73 Å². The molecule has 2 aromatic rings. The van der Waals surface area contributed by atoms with Gasteiger partial charge in [-0.25, -0.2) is 0 Å². The third kappa shape index (κ3) is 1.66. The van der Waals surface area contributed by atoms with Gasteiger partial charge in [0.25, 0.3) is 0 Å². The molecular formula is C15H15NO. The van der Waals surface area contributed by atoms with Gasteiger partial charge in [0, 0.05) is 6.42 Å². The van der Waals surface area contributed by atoms with Crippen molar-refractivity contribution in [3.05, 3.63) is 59.7 Å². The lowest BCUT2D eigenvalue weighted by atomic mass is 9.95. The number of hydrogen-bond acceptors (Lipinski definition) is 2. The molecule has 17 heavy (non-hydrogen) atoms. The molecule has 3 rings (SSSR count). The van der Waals surface area contributed by atoms with Crippen LogP contribution >= 0.6 is 0 Å². The highest BCUT2D eigenvalue weighted by molar-refractivity contribution is 5.70. The first-order valence-electron chi connectivity index (χ1n) is 5.88. The Bertz CT molecular complexity index is 536. The summed E-state index contributed by atoms with van der Waals surface area (Å²) in [5.74, 6) is 0. The maximum Gasteiger partial charge on any atom is 0.0773 e. The summed E-state index contributed by atoms with van der Waals surface area (Å²) in [6, 6.07) is 16.1. The number of nitrogens with two attached hydrogens (primary N) is 1. The van der Waals surface area contributed by atoms with Gasteiger partial charge in [-0.3, -0.25) is 0 Å². The minimum Gasteiger partial charge on any atom is -0.391 e. The zero-order chi connectivity index (χ0) is 11.8. The third-order valence-electron chi connectivity index (χ3n) is 3.46. The van der Waals surface area contributed by atoms with E-state index < -0.39 is 6.10 Å². The number of aliphatic hydroxyl groups excluding tert-OH is 1. The molecule has 2 heteroatoms. The normalized spacial score (nSPS) is 22.5. The van der Waals surface area contributed by atoms with Crippen LogP contribution in [0.25, 0.3) is 11.1 Å². The first-order valence-corrected chi connectivity index (χ1v) is 5.88. The predicted molar refractivity (Wildman–Crippen MR) is 68.5 cm³/mol. The molecule has 0 aliphatic heterocycles. The fourth-order valence-electron chi connectivity index (χ4n) is 2.60. The Morgan fingerprint density at radius 2 is 1.76 bits per heavy atom. The highest BCUT2D eigenvalue weighted by Gasteiger charge is 2.30. The van der Waals surface area contributed by atoms with Crippen molar-refractivity contribution >= 4 is 0 Å². The SMILES string of the molecule is N[C@@H]1c2c(cccc2-c2ccccc2)C[C@H]1O.